The Morgan fingerprint density at radius 3 is 1.83 bits per heavy atom. The second-order valence-corrected chi connectivity index (χ2v) is 6.34. The Morgan fingerprint density at radius 2 is 1.29 bits per heavy atom. The van der Waals surface area contributed by atoms with E-state index < -0.39 is 0 Å². The summed E-state index contributed by atoms with van der Waals surface area (Å²) in [6.45, 7) is 2.22. The minimum atomic E-state index is -0.0695. The van der Waals surface area contributed by atoms with Crippen molar-refractivity contribution >= 4 is 5.91 Å². The lowest BCUT2D eigenvalue weighted by Gasteiger charge is -2.20. The molecule has 0 aliphatic heterocycles. The van der Waals surface area contributed by atoms with Crippen molar-refractivity contribution < 1.29 is 4.79 Å². The van der Waals surface area contributed by atoms with Crippen molar-refractivity contribution in [1.82, 2.24) is 5.32 Å². The second kappa shape index (κ2) is 10.6. The van der Waals surface area contributed by atoms with E-state index in [9.17, 15) is 4.79 Å². The SMILES string of the molecule is CCCCCCCCC(=O)NC(c1ccccc1)c1ccccc1. The first kappa shape index (κ1) is 18.3. The predicted molar refractivity (Wildman–Crippen MR) is 101 cm³/mol. The number of carbonyl (C=O) groups is 1. The first-order valence-electron chi connectivity index (χ1n) is 9.20. The fourth-order valence-electron chi connectivity index (χ4n) is 2.95. The van der Waals surface area contributed by atoms with Crippen LogP contribution in [0, 0.1) is 0 Å². The highest BCUT2D eigenvalue weighted by atomic mass is 16.1. The van der Waals surface area contributed by atoms with E-state index in [1.54, 1.807) is 0 Å². The van der Waals surface area contributed by atoms with Crippen LogP contribution < -0.4 is 5.32 Å². The minimum Gasteiger partial charge on any atom is -0.345 e. The van der Waals surface area contributed by atoms with E-state index in [-0.39, 0.29) is 11.9 Å². The average molecular weight is 323 g/mol. The first-order valence-corrected chi connectivity index (χ1v) is 9.20. The van der Waals surface area contributed by atoms with Crippen LogP contribution >= 0.6 is 0 Å². The zero-order valence-corrected chi connectivity index (χ0v) is 14.7. The molecule has 0 radical (unpaired) electrons. The van der Waals surface area contributed by atoms with Gasteiger partial charge in [0, 0.05) is 6.42 Å². The molecular weight excluding hydrogens is 294 g/mol. The number of benzene rings is 2. The lowest BCUT2D eigenvalue weighted by atomic mass is 9.98. The number of hydrogen-bond donors (Lipinski definition) is 1. The summed E-state index contributed by atoms with van der Waals surface area (Å²) >= 11 is 0. The first-order chi connectivity index (χ1) is 11.8. The topological polar surface area (TPSA) is 29.1 Å². The molecule has 0 saturated carbocycles. The Bertz CT molecular complexity index is 540. The summed E-state index contributed by atoms with van der Waals surface area (Å²) in [4.78, 5) is 12.4. The molecule has 2 aromatic carbocycles. The molecule has 2 nitrogen and oxygen atoms in total. The van der Waals surface area contributed by atoms with Gasteiger partial charge in [0.25, 0.3) is 0 Å². The summed E-state index contributed by atoms with van der Waals surface area (Å²) in [5, 5.41) is 3.21. The van der Waals surface area contributed by atoms with Gasteiger partial charge < -0.3 is 5.32 Å². The fourth-order valence-corrected chi connectivity index (χ4v) is 2.95. The summed E-state index contributed by atoms with van der Waals surface area (Å²) in [5.41, 5.74) is 2.25. The maximum Gasteiger partial charge on any atom is 0.220 e. The van der Waals surface area contributed by atoms with E-state index in [0.717, 1.165) is 24.0 Å². The second-order valence-electron chi connectivity index (χ2n) is 6.34. The molecule has 2 heteroatoms. The normalized spacial score (nSPS) is 10.8. The highest BCUT2D eigenvalue weighted by molar-refractivity contribution is 5.77. The van der Waals surface area contributed by atoms with Crippen LogP contribution in [0.3, 0.4) is 0 Å². The highest BCUT2D eigenvalue weighted by Crippen LogP contribution is 2.22. The van der Waals surface area contributed by atoms with Crippen molar-refractivity contribution in [3.8, 4) is 0 Å². The third kappa shape index (κ3) is 6.19. The number of amides is 1. The van der Waals surface area contributed by atoms with Crippen LogP contribution in [-0.4, -0.2) is 5.91 Å². The van der Waals surface area contributed by atoms with E-state index in [1.807, 2.05) is 36.4 Å². The van der Waals surface area contributed by atoms with Gasteiger partial charge in [-0.25, -0.2) is 0 Å². The molecule has 1 amide bonds. The zero-order valence-electron chi connectivity index (χ0n) is 14.7. The van der Waals surface area contributed by atoms with Crippen LogP contribution in [0.5, 0.6) is 0 Å². The van der Waals surface area contributed by atoms with Crippen molar-refractivity contribution in [2.24, 2.45) is 0 Å². The lowest BCUT2D eigenvalue weighted by Crippen LogP contribution is -2.29. The Morgan fingerprint density at radius 1 is 0.792 bits per heavy atom. The van der Waals surface area contributed by atoms with Gasteiger partial charge in [-0.05, 0) is 17.5 Å². The largest absolute Gasteiger partial charge is 0.345 e. The molecule has 0 saturated heterocycles. The van der Waals surface area contributed by atoms with Gasteiger partial charge in [-0.15, -0.1) is 0 Å². The van der Waals surface area contributed by atoms with E-state index in [1.165, 1.54) is 25.7 Å². The van der Waals surface area contributed by atoms with E-state index in [2.05, 4.69) is 36.5 Å². The van der Waals surface area contributed by atoms with E-state index in [0.29, 0.717) is 6.42 Å². The monoisotopic (exact) mass is 323 g/mol. The molecule has 0 unspecified atom stereocenters. The van der Waals surface area contributed by atoms with Gasteiger partial charge in [-0.2, -0.15) is 0 Å². The van der Waals surface area contributed by atoms with Crippen molar-refractivity contribution in [1.29, 1.82) is 0 Å². The molecule has 0 aromatic heterocycles. The number of nitrogens with one attached hydrogen (secondary N) is 1. The summed E-state index contributed by atoms with van der Waals surface area (Å²) in [6, 6.07) is 20.3. The number of rotatable bonds is 10. The Kier molecular flexibility index (Phi) is 8.09. The Balaban J connectivity index is 1.90. The molecule has 2 rings (SSSR count). The van der Waals surface area contributed by atoms with Gasteiger partial charge in [-0.3, -0.25) is 4.79 Å². The van der Waals surface area contributed by atoms with Crippen LogP contribution in [-0.2, 0) is 4.79 Å². The highest BCUT2D eigenvalue weighted by Gasteiger charge is 2.16. The summed E-state index contributed by atoms with van der Waals surface area (Å²) in [7, 11) is 0. The van der Waals surface area contributed by atoms with E-state index >= 15 is 0 Å². The van der Waals surface area contributed by atoms with Crippen molar-refractivity contribution in [3.63, 3.8) is 0 Å². The molecule has 0 atom stereocenters. The molecule has 128 valence electrons. The number of carbonyl (C=O) groups excluding carboxylic acids is 1. The number of hydrogen-bond acceptors (Lipinski definition) is 1. The van der Waals surface area contributed by atoms with Crippen molar-refractivity contribution in [2.75, 3.05) is 0 Å². The number of unbranched alkanes of at least 4 members (excludes halogenated alkanes) is 5. The van der Waals surface area contributed by atoms with Crippen LogP contribution in [0.1, 0.15) is 69.0 Å². The third-order valence-electron chi connectivity index (χ3n) is 4.33. The van der Waals surface area contributed by atoms with Crippen LogP contribution in [0.25, 0.3) is 0 Å². The molecule has 1 N–H and O–H groups in total. The predicted octanol–water partition coefficient (Wildman–Crippen LogP) is 5.64. The average Bonchev–Trinajstić information content (AvgIpc) is 2.64. The van der Waals surface area contributed by atoms with Crippen LogP contribution in [0.15, 0.2) is 60.7 Å². The minimum absolute atomic E-state index is 0.0695. The van der Waals surface area contributed by atoms with Gasteiger partial charge in [-0.1, -0.05) is 99.7 Å². The Labute approximate surface area is 146 Å². The molecule has 0 aliphatic rings. The smallest absolute Gasteiger partial charge is 0.220 e. The molecule has 2 aromatic rings. The fraction of sp³-hybridized carbons (Fsp3) is 0.409. The van der Waals surface area contributed by atoms with Gasteiger partial charge in [0.15, 0.2) is 0 Å². The van der Waals surface area contributed by atoms with Crippen molar-refractivity contribution in [2.45, 2.75) is 57.9 Å². The molecule has 0 spiro atoms. The van der Waals surface area contributed by atoms with Crippen LogP contribution in [0.4, 0.5) is 0 Å². The van der Waals surface area contributed by atoms with Crippen LogP contribution in [0.2, 0.25) is 0 Å². The molecule has 0 heterocycles. The molecule has 0 aliphatic carbocycles. The lowest BCUT2D eigenvalue weighted by molar-refractivity contribution is -0.121. The molecule has 0 fully saturated rings. The molecular formula is C22H29NO. The van der Waals surface area contributed by atoms with Crippen molar-refractivity contribution in [3.05, 3.63) is 71.8 Å². The Hall–Kier alpha value is -2.09. The maximum absolute atomic E-state index is 12.4. The zero-order chi connectivity index (χ0) is 17.0. The molecule has 0 bridgehead atoms. The molecule has 24 heavy (non-hydrogen) atoms. The standard InChI is InChI=1S/C22H29NO/c1-2-3-4-5-6-13-18-21(24)23-22(19-14-9-7-10-15-19)20-16-11-8-12-17-20/h7-12,14-17,22H,2-6,13,18H2,1H3,(H,23,24). The summed E-state index contributed by atoms with van der Waals surface area (Å²) < 4.78 is 0. The van der Waals surface area contributed by atoms with Gasteiger partial charge in [0.2, 0.25) is 5.91 Å². The third-order valence-corrected chi connectivity index (χ3v) is 4.33. The maximum atomic E-state index is 12.4. The summed E-state index contributed by atoms with van der Waals surface area (Å²) in [6.07, 6.45) is 7.83. The van der Waals surface area contributed by atoms with Gasteiger partial charge in [0.1, 0.15) is 0 Å². The summed E-state index contributed by atoms with van der Waals surface area (Å²) in [5.74, 6) is 0.142. The quantitative estimate of drug-likeness (QED) is 0.563. The van der Waals surface area contributed by atoms with Gasteiger partial charge >= 0.3 is 0 Å². The van der Waals surface area contributed by atoms with E-state index in [4.69, 9.17) is 0 Å². The van der Waals surface area contributed by atoms with Gasteiger partial charge in [0.05, 0.1) is 6.04 Å².